The summed E-state index contributed by atoms with van der Waals surface area (Å²) in [7, 11) is 0. The molecule has 0 aliphatic heterocycles. The van der Waals surface area contributed by atoms with Crippen molar-refractivity contribution in [3.8, 4) is 0 Å². The maximum atomic E-state index is 13.3. The van der Waals surface area contributed by atoms with Gasteiger partial charge in [-0.3, -0.25) is 0 Å². The van der Waals surface area contributed by atoms with Crippen molar-refractivity contribution in [3.05, 3.63) is 59.3 Å². The Labute approximate surface area is 99.7 Å². The number of hydrogen-bond donors (Lipinski definition) is 1. The Hall–Kier alpha value is -1.61. The molecule has 17 heavy (non-hydrogen) atoms. The molecule has 0 aliphatic carbocycles. The molecule has 0 radical (unpaired) electrons. The second kappa shape index (κ2) is 5.15. The lowest BCUT2D eigenvalue weighted by Crippen LogP contribution is -2.00. The number of furan rings is 1. The van der Waals surface area contributed by atoms with Gasteiger partial charge in [-0.25, -0.2) is 4.39 Å². The average molecular weight is 234 g/mol. The SMILES string of the molecule is Cc1ccc(C(O)CCc2ccco2)cc1F. The predicted octanol–water partition coefficient (Wildman–Crippen LogP) is 3.39. The van der Waals surface area contributed by atoms with Crippen molar-refractivity contribution in [2.75, 3.05) is 0 Å². The van der Waals surface area contributed by atoms with Crippen molar-refractivity contribution in [3.63, 3.8) is 0 Å². The minimum Gasteiger partial charge on any atom is -0.469 e. The van der Waals surface area contributed by atoms with Crippen LogP contribution in [0.2, 0.25) is 0 Å². The molecule has 1 aromatic heterocycles. The number of rotatable bonds is 4. The fourth-order valence-electron chi connectivity index (χ4n) is 1.72. The smallest absolute Gasteiger partial charge is 0.126 e. The molecule has 0 saturated heterocycles. The third-order valence-corrected chi connectivity index (χ3v) is 2.82. The van der Waals surface area contributed by atoms with E-state index in [0.29, 0.717) is 24.0 Å². The van der Waals surface area contributed by atoms with Gasteiger partial charge >= 0.3 is 0 Å². The summed E-state index contributed by atoms with van der Waals surface area (Å²) < 4.78 is 18.5. The van der Waals surface area contributed by atoms with Crippen molar-refractivity contribution in [2.24, 2.45) is 0 Å². The maximum absolute atomic E-state index is 13.3. The van der Waals surface area contributed by atoms with E-state index in [1.54, 1.807) is 25.3 Å². The maximum Gasteiger partial charge on any atom is 0.126 e. The molecule has 1 aromatic carbocycles. The lowest BCUT2D eigenvalue weighted by molar-refractivity contribution is 0.165. The normalized spacial score (nSPS) is 12.6. The van der Waals surface area contributed by atoms with Crippen molar-refractivity contribution < 1.29 is 13.9 Å². The van der Waals surface area contributed by atoms with Gasteiger partial charge in [0, 0.05) is 6.42 Å². The molecule has 0 amide bonds. The molecule has 0 aliphatic rings. The second-order valence-corrected chi connectivity index (χ2v) is 4.14. The lowest BCUT2D eigenvalue weighted by atomic mass is 10.0. The minimum absolute atomic E-state index is 0.278. The van der Waals surface area contributed by atoms with Crippen molar-refractivity contribution >= 4 is 0 Å². The summed E-state index contributed by atoms with van der Waals surface area (Å²) in [5, 5.41) is 9.93. The number of aliphatic hydroxyl groups excluding tert-OH is 1. The molecule has 0 bridgehead atoms. The van der Waals surface area contributed by atoms with E-state index in [0.717, 1.165) is 5.76 Å². The Morgan fingerprint density at radius 3 is 2.82 bits per heavy atom. The van der Waals surface area contributed by atoms with Crippen LogP contribution in [0, 0.1) is 12.7 Å². The zero-order valence-corrected chi connectivity index (χ0v) is 9.69. The van der Waals surface area contributed by atoms with Gasteiger partial charge in [0.1, 0.15) is 11.6 Å². The Kier molecular flexibility index (Phi) is 3.59. The largest absolute Gasteiger partial charge is 0.469 e. The van der Waals surface area contributed by atoms with Gasteiger partial charge in [-0.2, -0.15) is 0 Å². The molecule has 1 N–H and O–H groups in total. The summed E-state index contributed by atoms with van der Waals surface area (Å²) >= 11 is 0. The summed E-state index contributed by atoms with van der Waals surface area (Å²) in [5.74, 6) is 0.552. The van der Waals surface area contributed by atoms with Crippen LogP contribution in [0.25, 0.3) is 0 Å². The Morgan fingerprint density at radius 2 is 2.18 bits per heavy atom. The molecule has 0 spiro atoms. The highest BCUT2D eigenvalue weighted by Crippen LogP contribution is 2.21. The van der Waals surface area contributed by atoms with Gasteiger partial charge in [-0.1, -0.05) is 12.1 Å². The highest BCUT2D eigenvalue weighted by atomic mass is 19.1. The third-order valence-electron chi connectivity index (χ3n) is 2.82. The molecule has 2 nitrogen and oxygen atoms in total. The molecule has 90 valence electrons. The van der Waals surface area contributed by atoms with Crippen LogP contribution >= 0.6 is 0 Å². The number of hydrogen-bond acceptors (Lipinski definition) is 2. The number of halogens is 1. The Balaban J connectivity index is 1.99. The fourth-order valence-corrected chi connectivity index (χ4v) is 1.72. The quantitative estimate of drug-likeness (QED) is 0.879. The summed E-state index contributed by atoms with van der Waals surface area (Å²) in [6.07, 6.45) is 2.11. The van der Waals surface area contributed by atoms with Crippen molar-refractivity contribution in [2.45, 2.75) is 25.9 Å². The average Bonchev–Trinajstić information content (AvgIpc) is 2.82. The molecule has 2 aromatic rings. The minimum atomic E-state index is -0.657. The first kappa shape index (κ1) is 11.9. The Bertz CT molecular complexity index is 477. The number of aliphatic hydroxyl groups is 1. The van der Waals surface area contributed by atoms with Gasteiger partial charge in [-0.15, -0.1) is 0 Å². The van der Waals surface area contributed by atoms with Crippen LogP contribution in [0.3, 0.4) is 0 Å². The topological polar surface area (TPSA) is 33.4 Å². The third kappa shape index (κ3) is 2.94. The first-order chi connectivity index (χ1) is 8.16. The van der Waals surface area contributed by atoms with E-state index in [9.17, 15) is 9.50 Å². The van der Waals surface area contributed by atoms with Gasteiger partial charge in [0.25, 0.3) is 0 Å². The molecule has 0 saturated carbocycles. The van der Waals surface area contributed by atoms with Crippen LogP contribution in [-0.4, -0.2) is 5.11 Å². The van der Waals surface area contributed by atoms with Gasteiger partial charge in [0.05, 0.1) is 12.4 Å². The van der Waals surface area contributed by atoms with E-state index >= 15 is 0 Å². The molecule has 1 atom stereocenters. The van der Waals surface area contributed by atoms with Crippen LogP contribution in [0.1, 0.15) is 29.4 Å². The van der Waals surface area contributed by atoms with Crippen molar-refractivity contribution in [1.82, 2.24) is 0 Å². The molecular weight excluding hydrogens is 219 g/mol. The van der Waals surface area contributed by atoms with Gasteiger partial charge in [-0.05, 0) is 42.7 Å². The highest BCUT2D eigenvalue weighted by Gasteiger charge is 2.10. The molecule has 3 heteroatoms. The van der Waals surface area contributed by atoms with Crippen LogP contribution in [0.15, 0.2) is 41.0 Å². The first-order valence-electron chi connectivity index (χ1n) is 5.63. The lowest BCUT2D eigenvalue weighted by Gasteiger charge is -2.10. The monoisotopic (exact) mass is 234 g/mol. The number of benzene rings is 1. The summed E-state index contributed by atoms with van der Waals surface area (Å²) in [5.41, 5.74) is 1.20. The van der Waals surface area contributed by atoms with Crippen LogP contribution in [0.5, 0.6) is 0 Å². The van der Waals surface area contributed by atoms with Gasteiger partial charge in [0.15, 0.2) is 0 Å². The summed E-state index contributed by atoms with van der Waals surface area (Å²) in [4.78, 5) is 0. The highest BCUT2D eigenvalue weighted by molar-refractivity contribution is 5.25. The van der Waals surface area contributed by atoms with E-state index in [1.165, 1.54) is 6.07 Å². The second-order valence-electron chi connectivity index (χ2n) is 4.14. The summed E-state index contributed by atoms with van der Waals surface area (Å²) in [6, 6.07) is 8.50. The van der Waals surface area contributed by atoms with Crippen molar-refractivity contribution in [1.29, 1.82) is 0 Å². The fraction of sp³-hybridized carbons (Fsp3) is 0.286. The van der Waals surface area contributed by atoms with E-state index in [4.69, 9.17) is 4.42 Å². The van der Waals surface area contributed by atoms with Crippen LogP contribution in [-0.2, 0) is 6.42 Å². The van der Waals surface area contributed by atoms with E-state index in [1.807, 2.05) is 12.1 Å². The van der Waals surface area contributed by atoms with Crippen LogP contribution in [0.4, 0.5) is 4.39 Å². The molecule has 0 fully saturated rings. The predicted molar refractivity (Wildman–Crippen MR) is 63.1 cm³/mol. The van der Waals surface area contributed by atoms with E-state index < -0.39 is 6.10 Å². The number of aryl methyl sites for hydroxylation is 2. The first-order valence-corrected chi connectivity index (χ1v) is 5.63. The molecule has 2 rings (SSSR count). The molecule has 1 unspecified atom stereocenters. The van der Waals surface area contributed by atoms with Crippen LogP contribution < -0.4 is 0 Å². The molecular formula is C14H15FO2. The zero-order valence-electron chi connectivity index (χ0n) is 9.69. The standard InChI is InChI=1S/C14H15FO2/c1-10-4-5-11(9-13(10)15)14(16)7-6-12-3-2-8-17-12/h2-5,8-9,14,16H,6-7H2,1H3. The zero-order chi connectivity index (χ0) is 12.3. The Morgan fingerprint density at radius 1 is 1.35 bits per heavy atom. The molecule has 1 heterocycles. The summed E-state index contributed by atoms with van der Waals surface area (Å²) in [6.45, 7) is 1.70. The van der Waals surface area contributed by atoms with Gasteiger partial charge < -0.3 is 9.52 Å². The van der Waals surface area contributed by atoms with E-state index in [2.05, 4.69) is 0 Å². The van der Waals surface area contributed by atoms with Gasteiger partial charge in [0.2, 0.25) is 0 Å². The van der Waals surface area contributed by atoms with E-state index in [-0.39, 0.29) is 5.82 Å².